The van der Waals surface area contributed by atoms with Gasteiger partial charge in [-0.1, -0.05) is 51.1 Å². The van der Waals surface area contributed by atoms with Crippen LogP contribution < -0.4 is 9.55 Å². The number of nitrogens with zero attached hydrogens (tertiary/aromatic N) is 6. The van der Waals surface area contributed by atoms with Gasteiger partial charge in [-0.05, 0) is 17.0 Å². The van der Waals surface area contributed by atoms with E-state index in [9.17, 15) is 2.74 Å². The van der Waals surface area contributed by atoms with E-state index in [2.05, 4.69) is 115 Å². The molecule has 0 saturated heterocycles. The van der Waals surface area contributed by atoms with Crippen LogP contribution in [0.25, 0.3) is 67.2 Å². The SMILES string of the molecule is [2H]c1c([2H])c([2H])c(-c2cccc(-c3cc(C(C)(C)C)cc(C(C)(C)C)c3)c2-n2[c](=[Pt])n(-c3cccc(Oc4ccc5c(c4)N(c4cc(C(C)(C)C)ccn4)B(C([2H])([2H])[2H])n4nc(-c6ccccc6)cc4-5)c3)c3ccccc32)c([2H])c1[2H]. The van der Waals surface area contributed by atoms with E-state index in [1.807, 2.05) is 127 Å². The van der Waals surface area contributed by atoms with Crippen molar-refractivity contribution >= 4 is 29.5 Å². The molecule has 0 aliphatic carbocycles. The minimum atomic E-state index is -2.56. The first kappa shape index (κ1) is 39.3. The van der Waals surface area contributed by atoms with Gasteiger partial charge >= 0.3 is 360 Å². The predicted octanol–water partition coefficient (Wildman–Crippen LogP) is 16.6. The summed E-state index contributed by atoms with van der Waals surface area (Å²) in [5, 5.41) is 4.99. The second-order valence-corrected chi connectivity index (χ2v) is 22.8. The first-order valence-corrected chi connectivity index (χ1v) is 25.7. The van der Waals surface area contributed by atoms with Crippen molar-refractivity contribution < 1.29 is 35.1 Å². The first-order valence-electron chi connectivity index (χ1n) is 28.6. The minimum absolute atomic E-state index is 0.101. The Kier molecular flexibility index (Phi) is 9.87. The molecule has 1 aliphatic rings. The van der Waals surface area contributed by atoms with E-state index < -0.39 is 31.9 Å². The average molecular weight is 1140 g/mol. The number of benzene rings is 7. The third-order valence-corrected chi connectivity index (χ3v) is 14.7. The second-order valence-electron chi connectivity index (χ2n) is 21.8. The molecule has 0 amide bonds. The van der Waals surface area contributed by atoms with E-state index >= 15 is 0 Å². The standard InChI is InChI=1S/C64H61BN6O.Pt/c1-62(2,3)46-33-34-66-60(38-46)70-58-40-51(31-32-54(58)59-41-55(67-71(59)65(70)10)44-23-15-12-16-24-44)72-50-26-19-25-49(39-50)68-42-69(57-30-18-17-29-56(57)68)61-52(43-21-13-11-14-22-43)27-20-28-53(61)45-35-47(63(4,5)6)37-48(36-45)64(7,8)9;/h11-41H,1-10H3;/i10D3,11D,13D,14D,21D,22D;. The maximum atomic E-state index is 9.31. The fourth-order valence-corrected chi connectivity index (χ4v) is 10.8. The Morgan fingerprint density at radius 1 is 0.562 bits per heavy atom. The molecule has 0 bridgehead atoms. The van der Waals surface area contributed by atoms with Gasteiger partial charge < -0.3 is 0 Å². The van der Waals surface area contributed by atoms with Crippen molar-refractivity contribution in [2.45, 2.75) is 85.3 Å². The molecule has 0 saturated carbocycles. The van der Waals surface area contributed by atoms with Crippen LogP contribution >= 0.6 is 0 Å². The van der Waals surface area contributed by atoms with Crippen LogP contribution in [0.5, 0.6) is 11.5 Å². The first-order chi connectivity index (χ1) is 38.2. The van der Waals surface area contributed by atoms with Gasteiger partial charge in [0.2, 0.25) is 0 Å². The molecule has 1 aliphatic heterocycles. The molecule has 7 aromatic carbocycles. The predicted molar refractivity (Wildman–Crippen MR) is 299 cm³/mol. The van der Waals surface area contributed by atoms with Crippen LogP contribution in [0.1, 0.15) is 90.0 Å². The number of imidazole rings is 1. The zero-order valence-corrected chi connectivity index (χ0v) is 44.8. The normalized spacial score (nSPS) is 14.6. The molecule has 3 aromatic heterocycles. The summed E-state index contributed by atoms with van der Waals surface area (Å²) in [4.78, 5) is 6.60. The van der Waals surface area contributed by atoms with Gasteiger partial charge in [-0.25, -0.2) is 0 Å². The van der Waals surface area contributed by atoms with Crippen LogP contribution in [0.2, 0.25) is 6.75 Å². The number of aromatic nitrogens is 5. The number of pyridine rings is 1. The van der Waals surface area contributed by atoms with Gasteiger partial charge in [0.25, 0.3) is 0 Å². The van der Waals surface area contributed by atoms with Gasteiger partial charge in [0.05, 0.1) is 5.69 Å². The molecule has 0 atom stereocenters. The van der Waals surface area contributed by atoms with E-state index in [0.29, 0.717) is 45.6 Å². The van der Waals surface area contributed by atoms with Gasteiger partial charge in [-0.15, -0.1) is 0 Å². The van der Waals surface area contributed by atoms with E-state index in [1.54, 1.807) is 15.6 Å². The number of fused-ring (bicyclic) bond motifs is 4. The summed E-state index contributed by atoms with van der Waals surface area (Å²) in [6, 6.07) is 47.8. The molecule has 0 unspecified atom stereocenters. The monoisotopic (exact) mass is 1140 g/mol. The summed E-state index contributed by atoms with van der Waals surface area (Å²) in [5.74, 6) is 1.44. The van der Waals surface area contributed by atoms with E-state index in [4.69, 9.17) is 23.0 Å². The molecule has 7 nitrogen and oxygen atoms in total. The Bertz CT molecular complexity index is 4140. The molecule has 73 heavy (non-hydrogen) atoms. The zero-order chi connectivity index (χ0) is 57.8. The Hall–Kier alpha value is -7.28. The van der Waals surface area contributed by atoms with Gasteiger partial charge in [-0.3, -0.25) is 0 Å². The van der Waals surface area contributed by atoms with Crippen molar-refractivity contribution in [2.24, 2.45) is 0 Å². The Morgan fingerprint density at radius 3 is 1.89 bits per heavy atom. The Labute approximate surface area is 452 Å². The van der Waals surface area contributed by atoms with E-state index in [1.165, 1.54) is 0 Å². The summed E-state index contributed by atoms with van der Waals surface area (Å²) in [6.07, 6.45) is 1.73. The Balaban J connectivity index is 1.09. The van der Waals surface area contributed by atoms with Crippen LogP contribution in [-0.2, 0) is 35.6 Å². The van der Waals surface area contributed by atoms with E-state index in [0.717, 1.165) is 59.5 Å². The number of rotatable bonds is 8. The van der Waals surface area contributed by atoms with Crippen LogP contribution in [0.3, 0.4) is 0 Å². The molecule has 11 rings (SSSR count). The Morgan fingerprint density at radius 2 is 1.21 bits per heavy atom. The number of hydrogen-bond acceptors (Lipinski definition) is 4. The molecule has 0 radical (unpaired) electrons. The van der Waals surface area contributed by atoms with Crippen LogP contribution in [0.4, 0.5) is 11.5 Å². The number of para-hydroxylation sites is 3. The molecule has 9 heteroatoms. The maximum absolute atomic E-state index is 9.31. The average Bonchev–Trinajstić information content (AvgIpc) is 4.04. The zero-order valence-electron chi connectivity index (χ0n) is 50.5. The van der Waals surface area contributed by atoms with Gasteiger partial charge in [0.1, 0.15) is 0 Å². The van der Waals surface area contributed by atoms with Crippen molar-refractivity contribution in [3.05, 3.63) is 209 Å². The van der Waals surface area contributed by atoms with E-state index in [-0.39, 0.29) is 33.9 Å². The summed E-state index contributed by atoms with van der Waals surface area (Å²) < 4.78 is 85.5. The van der Waals surface area contributed by atoms with Crippen LogP contribution in [-0.4, -0.2) is 30.8 Å². The van der Waals surface area contributed by atoms with Crippen molar-refractivity contribution in [3.8, 4) is 67.6 Å². The molecular formula is C64H61BN6OPt. The second kappa shape index (κ2) is 18.3. The van der Waals surface area contributed by atoms with Crippen LogP contribution in [0, 0.1) is 3.80 Å². The van der Waals surface area contributed by atoms with Crippen molar-refractivity contribution in [3.63, 3.8) is 0 Å². The number of hydrogen-bond donors (Lipinski definition) is 0. The quantitative estimate of drug-likeness (QED) is 0.142. The van der Waals surface area contributed by atoms with Gasteiger partial charge in [-0.2, -0.15) is 5.10 Å². The molecule has 0 fully saturated rings. The summed E-state index contributed by atoms with van der Waals surface area (Å²) >= 11 is 2.33. The van der Waals surface area contributed by atoms with Crippen molar-refractivity contribution in [1.29, 1.82) is 0 Å². The number of ether oxygens (including phenoxy) is 1. The third kappa shape index (κ3) is 8.94. The van der Waals surface area contributed by atoms with Crippen molar-refractivity contribution in [1.82, 2.24) is 23.8 Å². The number of anilines is 2. The molecule has 4 heterocycles. The molecule has 0 N–H and O–H groups in total. The molecule has 10 aromatic rings. The van der Waals surface area contributed by atoms with Crippen LogP contribution in [0.15, 0.2) is 188 Å². The van der Waals surface area contributed by atoms with Gasteiger partial charge in [0, 0.05) is 15.9 Å². The van der Waals surface area contributed by atoms with Gasteiger partial charge in [0.15, 0.2) is 0 Å². The topological polar surface area (TPSA) is 53.0 Å². The molecule has 0 spiro atoms. The molecular weight excluding hydrogens is 1070 g/mol. The summed E-state index contributed by atoms with van der Waals surface area (Å²) in [6.45, 7) is 15.7. The summed E-state index contributed by atoms with van der Waals surface area (Å²) in [5.41, 5.74) is 11.5. The van der Waals surface area contributed by atoms with Crippen molar-refractivity contribution in [2.75, 3.05) is 4.81 Å². The third-order valence-electron chi connectivity index (χ3n) is 13.7. The molecule has 366 valence electrons. The summed E-state index contributed by atoms with van der Waals surface area (Å²) in [7, 11) is 0. The fraction of sp³-hybridized carbons (Fsp3) is 0.203. The fourth-order valence-electron chi connectivity index (χ4n) is 9.67.